The van der Waals surface area contributed by atoms with Gasteiger partial charge in [0.05, 0.1) is 17.6 Å². The number of nitrogens with zero attached hydrogens (tertiary/aromatic N) is 2. The first-order valence-corrected chi connectivity index (χ1v) is 6.22. The molecule has 0 saturated heterocycles. The molecule has 0 aliphatic heterocycles. The van der Waals surface area contributed by atoms with Gasteiger partial charge in [0.25, 0.3) is 6.43 Å². The van der Waals surface area contributed by atoms with Gasteiger partial charge in [-0.2, -0.15) is 0 Å². The van der Waals surface area contributed by atoms with Gasteiger partial charge >= 0.3 is 0 Å². The van der Waals surface area contributed by atoms with E-state index in [1.807, 2.05) is 30.3 Å². The van der Waals surface area contributed by atoms with Crippen molar-refractivity contribution in [1.29, 1.82) is 0 Å². The van der Waals surface area contributed by atoms with Gasteiger partial charge in [-0.15, -0.1) is 11.8 Å². The number of halogens is 2. The summed E-state index contributed by atoms with van der Waals surface area (Å²) < 4.78 is 25.2. The molecule has 1 heterocycles. The minimum Gasteiger partial charge on any atom is -0.396 e. The van der Waals surface area contributed by atoms with Crippen LogP contribution in [-0.4, -0.2) is 9.97 Å². The normalized spacial score (nSPS) is 10.8. The largest absolute Gasteiger partial charge is 0.396 e. The summed E-state index contributed by atoms with van der Waals surface area (Å²) in [5, 5.41) is 0. The summed E-state index contributed by atoms with van der Waals surface area (Å²) in [4.78, 5) is 8.76. The quantitative estimate of drug-likeness (QED) is 0.864. The highest BCUT2D eigenvalue weighted by Gasteiger charge is 2.14. The summed E-state index contributed by atoms with van der Waals surface area (Å²) >= 11 is 1.49. The Hall–Kier alpha value is -1.69. The van der Waals surface area contributed by atoms with Crippen LogP contribution in [0.4, 0.5) is 14.5 Å². The zero-order valence-electron chi connectivity index (χ0n) is 9.38. The van der Waals surface area contributed by atoms with Gasteiger partial charge in [-0.05, 0) is 12.1 Å². The number of hydrogen-bond donors (Lipinski definition) is 1. The molecule has 6 heteroatoms. The van der Waals surface area contributed by atoms with E-state index >= 15 is 0 Å². The summed E-state index contributed by atoms with van der Waals surface area (Å²) in [5.41, 5.74) is 4.92. The molecule has 0 fully saturated rings. The number of hydrogen-bond acceptors (Lipinski definition) is 4. The molecule has 2 aromatic rings. The van der Waals surface area contributed by atoms with Crippen LogP contribution in [0.3, 0.4) is 0 Å². The molecule has 0 radical (unpaired) electrons. The lowest BCUT2D eigenvalue weighted by Crippen LogP contribution is -2.03. The van der Waals surface area contributed by atoms with Crippen LogP contribution in [0.15, 0.2) is 41.4 Å². The van der Waals surface area contributed by atoms with Crippen molar-refractivity contribution in [3.05, 3.63) is 48.0 Å². The Morgan fingerprint density at radius 2 is 1.94 bits per heavy atom. The average molecular weight is 267 g/mol. The third kappa shape index (κ3) is 3.16. The second-order valence-corrected chi connectivity index (χ2v) is 4.58. The first-order valence-electron chi connectivity index (χ1n) is 5.24. The smallest absolute Gasteiger partial charge is 0.282 e. The molecule has 0 amide bonds. The Kier molecular flexibility index (Phi) is 4.09. The van der Waals surface area contributed by atoms with E-state index < -0.39 is 12.1 Å². The number of alkyl halides is 2. The maximum atomic E-state index is 12.6. The molecule has 0 saturated carbocycles. The van der Waals surface area contributed by atoms with E-state index in [4.69, 9.17) is 5.73 Å². The van der Waals surface area contributed by atoms with Crippen molar-refractivity contribution in [2.45, 2.75) is 17.1 Å². The van der Waals surface area contributed by atoms with Crippen LogP contribution in [-0.2, 0) is 5.75 Å². The zero-order valence-corrected chi connectivity index (χ0v) is 10.2. The maximum Gasteiger partial charge on any atom is 0.282 e. The fraction of sp³-hybridized carbons (Fsp3) is 0.167. The standard InChI is InChI=1S/C12H11F2N3S/c13-12(14)11-9(15)6-16-10(17-11)7-18-8-4-2-1-3-5-8/h1-6,12H,7,15H2. The summed E-state index contributed by atoms with van der Waals surface area (Å²) in [6.45, 7) is 0. The monoisotopic (exact) mass is 267 g/mol. The highest BCUT2D eigenvalue weighted by Crippen LogP contribution is 2.25. The van der Waals surface area contributed by atoms with Crippen LogP contribution in [0.5, 0.6) is 0 Å². The number of benzene rings is 1. The summed E-state index contributed by atoms with van der Waals surface area (Å²) in [5.74, 6) is 0.789. The van der Waals surface area contributed by atoms with Crippen molar-refractivity contribution in [3.63, 3.8) is 0 Å². The third-order valence-electron chi connectivity index (χ3n) is 2.22. The van der Waals surface area contributed by atoms with Crippen molar-refractivity contribution >= 4 is 17.4 Å². The van der Waals surface area contributed by atoms with Crippen molar-refractivity contribution < 1.29 is 8.78 Å². The lowest BCUT2D eigenvalue weighted by Gasteiger charge is -2.06. The predicted octanol–water partition coefficient (Wildman–Crippen LogP) is 3.29. The van der Waals surface area contributed by atoms with Gasteiger partial charge in [0.1, 0.15) is 11.5 Å². The molecule has 1 aromatic carbocycles. The topological polar surface area (TPSA) is 51.8 Å². The van der Waals surface area contributed by atoms with E-state index in [0.29, 0.717) is 11.6 Å². The second-order valence-electron chi connectivity index (χ2n) is 3.53. The Morgan fingerprint density at radius 1 is 1.22 bits per heavy atom. The Balaban J connectivity index is 2.08. The van der Waals surface area contributed by atoms with Gasteiger partial charge in [-0.3, -0.25) is 0 Å². The molecule has 2 rings (SSSR count). The molecule has 2 N–H and O–H groups in total. The number of rotatable bonds is 4. The first-order chi connectivity index (χ1) is 8.66. The van der Waals surface area contributed by atoms with Gasteiger partial charge in [-0.1, -0.05) is 18.2 Å². The Labute approximate surface area is 107 Å². The van der Waals surface area contributed by atoms with E-state index in [2.05, 4.69) is 9.97 Å². The summed E-state index contributed by atoms with van der Waals surface area (Å²) in [6.07, 6.45) is -1.44. The van der Waals surface area contributed by atoms with Crippen LogP contribution in [0.25, 0.3) is 0 Å². The minimum absolute atomic E-state index is 0.0709. The number of nitrogens with two attached hydrogens (primary N) is 1. The second kappa shape index (κ2) is 5.77. The number of anilines is 1. The lowest BCUT2D eigenvalue weighted by atomic mass is 10.3. The van der Waals surface area contributed by atoms with Crippen molar-refractivity contribution in [2.75, 3.05) is 5.73 Å². The van der Waals surface area contributed by atoms with E-state index in [1.54, 1.807) is 0 Å². The highest BCUT2D eigenvalue weighted by molar-refractivity contribution is 7.98. The molecular formula is C12H11F2N3S. The number of nitrogen functional groups attached to an aromatic ring is 1. The fourth-order valence-electron chi connectivity index (χ4n) is 1.35. The summed E-state index contributed by atoms with van der Waals surface area (Å²) in [7, 11) is 0. The van der Waals surface area contributed by atoms with Gasteiger partial charge in [0, 0.05) is 4.90 Å². The van der Waals surface area contributed by atoms with E-state index in [1.165, 1.54) is 18.0 Å². The summed E-state index contributed by atoms with van der Waals surface area (Å²) in [6, 6.07) is 9.62. The molecule has 0 atom stereocenters. The van der Waals surface area contributed by atoms with Crippen LogP contribution in [0, 0.1) is 0 Å². The highest BCUT2D eigenvalue weighted by atomic mass is 32.2. The van der Waals surface area contributed by atoms with Gasteiger partial charge in [0.15, 0.2) is 0 Å². The zero-order chi connectivity index (χ0) is 13.0. The van der Waals surface area contributed by atoms with Crippen LogP contribution in [0.1, 0.15) is 17.9 Å². The van der Waals surface area contributed by atoms with Crippen LogP contribution < -0.4 is 5.73 Å². The van der Waals surface area contributed by atoms with Gasteiger partial charge < -0.3 is 5.73 Å². The molecule has 0 unspecified atom stereocenters. The molecule has 94 valence electrons. The van der Waals surface area contributed by atoms with Gasteiger partial charge in [-0.25, -0.2) is 18.7 Å². The number of aromatic nitrogens is 2. The predicted molar refractivity (Wildman–Crippen MR) is 67.4 cm³/mol. The molecular weight excluding hydrogens is 256 g/mol. The molecule has 3 nitrogen and oxygen atoms in total. The minimum atomic E-state index is -2.67. The lowest BCUT2D eigenvalue weighted by molar-refractivity contribution is 0.146. The molecule has 0 spiro atoms. The number of thioether (sulfide) groups is 1. The van der Waals surface area contributed by atoms with Gasteiger partial charge in [0.2, 0.25) is 0 Å². The molecule has 1 aromatic heterocycles. The fourth-order valence-corrected chi connectivity index (χ4v) is 2.14. The molecule has 18 heavy (non-hydrogen) atoms. The first kappa shape index (κ1) is 12.8. The average Bonchev–Trinajstić information content (AvgIpc) is 2.38. The molecule has 0 aliphatic rings. The van der Waals surface area contributed by atoms with Crippen LogP contribution >= 0.6 is 11.8 Å². The van der Waals surface area contributed by atoms with E-state index in [0.717, 1.165) is 4.90 Å². The SMILES string of the molecule is Nc1cnc(CSc2ccccc2)nc1C(F)F. The Morgan fingerprint density at radius 3 is 2.61 bits per heavy atom. The third-order valence-corrected chi connectivity index (χ3v) is 3.22. The molecule has 0 aliphatic carbocycles. The molecule has 0 bridgehead atoms. The maximum absolute atomic E-state index is 12.6. The van der Waals surface area contributed by atoms with E-state index in [-0.39, 0.29) is 5.69 Å². The van der Waals surface area contributed by atoms with E-state index in [9.17, 15) is 8.78 Å². The van der Waals surface area contributed by atoms with Crippen molar-refractivity contribution in [2.24, 2.45) is 0 Å². The van der Waals surface area contributed by atoms with Crippen molar-refractivity contribution in [3.8, 4) is 0 Å². The van der Waals surface area contributed by atoms with Crippen molar-refractivity contribution in [1.82, 2.24) is 9.97 Å². The Bertz CT molecular complexity index is 520. The van der Waals surface area contributed by atoms with Crippen LogP contribution in [0.2, 0.25) is 0 Å².